The van der Waals surface area contributed by atoms with Gasteiger partial charge in [0.15, 0.2) is 0 Å². The molecule has 0 aliphatic heterocycles. The maximum atomic E-state index is 13.6. The van der Waals surface area contributed by atoms with Crippen molar-refractivity contribution in [3.05, 3.63) is 35.4 Å². The molecule has 3 amide bonds. The Labute approximate surface area is 191 Å². The molecule has 2 aliphatic carbocycles. The van der Waals surface area contributed by atoms with Crippen molar-refractivity contribution < 1.29 is 19.1 Å². The Bertz CT molecular complexity index is 823. The number of ether oxygens (including phenoxy) is 1. The van der Waals surface area contributed by atoms with E-state index in [1.807, 2.05) is 31.2 Å². The van der Waals surface area contributed by atoms with Crippen LogP contribution >= 0.6 is 0 Å². The van der Waals surface area contributed by atoms with Crippen LogP contribution in [0.2, 0.25) is 0 Å². The molecule has 0 aromatic heterocycles. The van der Waals surface area contributed by atoms with Crippen molar-refractivity contribution in [1.82, 2.24) is 15.5 Å². The van der Waals surface area contributed by atoms with Crippen molar-refractivity contribution in [3.63, 3.8) is 0 Å². The van der Waals surface area contributed by atoms with Gasteiger partial charge in [0.05, 0.1) is 0 Å². The number of nitrogens with zero attached hydrogens (tertiary/aromatic N) is 1. The van der Waals surface area contributed by atoms with E-state index in [-0.39, 0.29) is 30.4 Å². The van der Waals surface area contributed by atoms with Gasteiger partial charge in [-0.05, 0) is 64.5 Å². The topological polar surface area (TPSA) is 87.7 Å². The fourth-order valence-electron chi connectivity index (χ4n) is 4.30. The van der Waals surface area contributed by atoms with Gasteiger partial charge >= 0.3 is 6.09 Å². The lowest BCUT2D eigenvalue weighted by atomic mass is 9.94. The molecule has 176 valence electrons. The van der Waals surface area contributed by atoms with Crippen LogP contribution < -0.4 is 10.6 Å². The highest BCUT2D eigenvalue weighted by Crippen LogP contribution is 2.36. The zero-order valence-corrected chi connectivity index (χ0v) is 19.8. The Morgan fingerprint density at radius 2 is 1.72 bits per heavy atom. The third-order valence-electron chi connectivity index (χ3n) is 5.97. The number of hydrogen-bond donors (Lipinski definition) is 2. The molecule has 0 bridgehead atoms. The first-order chi connectivity index (χ1) is 15.2. The average molecular weight is 444 g/mol. The van der Waals surface area contributed by atoms with Gasteiger partial charge in [-0.3, -0.25) is 9.59 Å². The number of alkyl carbamates (subject to hydrolysis) is 1. The summed E-state index contributed by atoms with van der Waals surface area (Å²) in [6.07, 6.45) is 6.47. The van der Waals surface area contributed by atoms with Gasteiger partial charge in [-0.2, -0.15) is 0 Å². The monoisotopic (exact) mass is 443 g/mol. The van der Waals surface area contributed by atoms with Crippen LogP contribution in [0.4, 0.5) is 4.79 Å². The molecule has 32 heavy (non-hydrogen) atoms. The predicted octanol–water partition coefficient (Wildman–Crippen LogP) is 4.00. The summed E-state index contributed by atoms with van der Waals surface area (Å²) in [5.74, 6) is -0.408. The zero-order valence-electron chi connectivity index (χ0n) is 19.8. The average Bonchev–Trinajstić information content (AvgIpc) is 3.55. The van der Waals surface area contributed by atoms with Crippen LogP contribution in [0.3, 0.4) is 0 Å². The lowest BCUT2D eigenvalue weighted by Gasteiger charge is -2.34. The number of carbonyl (C=O) groups is 3. The summed E-state index contributed by atoms with van der Waals surface area (Å²) in [7, 11) is 0. The molecule has 0 spiro atoms. The largest absolute Gasteiger partial charge is 0.444 e. The second-order valence-corrected chi connectivity index (χ2v) is 9.99. The first-order valence-electron chi connectivity index (χ1n) is 11.8. The van der Waals surface area contributed by atoms with Crippen LogP contribution in [0.1, 0.15) is 82.9 Å². The lowest BCUT2D eigenvalue weighted by Crippen LogP contribution is -2.50. The molecule has 1 unspecified atom stereocenters. The van der Waals surface area contributed by atoms with Crippen molar-refractivity contribution in [2.24, 2.45) is 0 Å². The number of carbonyl (C=O) groups excluding carboxylic acids is 3. The lowest BCUT2D eigenvalue weighted by molar-refractivity contribution is -0.141. The summed E-state index contributed by atoms with van der Waals surface area (Å²) < 4.78 is 5.26. The predicted molar refractivity (Wildman–Crippen MR) is 123 cm³/mol. The number of rotatable bonds is 7. The van der Waals surface area contributed by atoms with Crippen LogP contribution in [0.5, 0.6) is 0 Å². The van der Waals surface area contributed by atoms with Gasteiger partial charge in [-0.1, -0.05) is 43.5 Å². The maximum Gasteiger partial charge on any atom is 0.408 e. The molecular weight excluding hydrogens is 406 g/mol. The molecule has 2 aliphatic rings. The number of aryl methyl sites for hydroxylation is 1. The Hall–Kier alpha value is -2.57. The Morgan fingerprint density at radius 3 is 2.31 bits per heavy atom. The van der Waals surface area contributed by atoms with Gasteiger partial charge in [-0.15, -0.1) is 0 Å². The summed E-state index contributed by atoms with van der Waals surface area (Å²) in [5, 5.41) is 5.77. The quantitative estimate of drug-likeness (QED) is 0.667. The van der Waals surface area contributed by atoms with Crippen LogP contribution in [0, 0.1) is 6.92 Å². The van der Waals surface area contributed by atoms with Gasteiger partial charge in [0.2, 0.25) is 11.8 Å². The highest BCUT2D eigenvalue weighted by molar-refractivity contribution is 5.91. The SMILES string of the molecule is Cc1ccccc1C(C(=O)NC1CCCCC1)N(C(=O)CNC(=O)OC(C)(C)C)C1CC1. The van der Waals surface area contributed by atoms with Crippen LogP contribution in [-0.2, 0) is 14.3 Å². The third-order valence-corrected chi connectivity index (χ3v) is 5.97. The number of benzene rings is 1. The summed E-state index contributed by atoms with van der Waals surface area (Å²) in [6.45, 7) is 7.08. The first kappa shape index (κ1) is 24.1. The molecule has 1 atom stereocenters. The first-order valence-corrected chi connectivity index (χ1v) is 11.8. The molecule has 2 N–H and O–H groups in total. The van der Waals surface area contributed by atoms with Crippen molar-refractivity contribution in [2.75, 3.05) is 6.54 Å². The molecule has 2 saturated carbocycles. The molecule has 0 saturated heterocycles. The van der Waals surface area contributed by atoms with Gasteiger partial charge in [0.25, 0.3) is 0 Å². The van der Waals surface area contributed by atoms with Crippen molar-refractivity contribution >= 4 is 17.9 Å². The Balaban J connectivity index is 1.80. The molecular formula is C25H37N3O4. The normalized spacial score (nSPS) is 17.9. The smallest absolute Gasteiger partial charge is 0.408 e. The van der Waals surface area contributed by atoms with Crippen LogP contribution in [-0.4, -0.2) is 47.0 Å². The minimum atomic E-state index is -0.710. The van der Waals surface area contributed by atoms with Gasteiger partial charge in [-0.25, -0.2) is 4.79 Å². The van der Waals surface area contributed by atoms with E-state index >= 15 is 0 Å². The van der Waals surface area contributed by atoms with E-state index in [0.717, 1.165) is 49.7 Å². The van der Waals surface area contributed by atoms with Crippen molar-refractivity contribution in [3.8, 4) is 0 Å². The van der Waals surface area contributed by atoms with E-state index in [9.17, 15) is 14.4 Å². The molecule has 7 heteroatoms. The highest BCUT2D eigenvalue weighted by Gasteiger charge is 2.42. The summed E-state index contributed by atoms with van der Waals surface area (Å²) >= 11 is 0. The Morgan fingerprint density at radius 1 is 1.06 bits per heavy atom. The molecule has 0 radical (unpaired) electrons. The Kier molecular flexibility index (Phi) is 7.80. The number of amides is 3. The second kappa shape index (κ2) is 10.4. The van der Waals surface area contributed by atoms with E-state index in [2.05, 4.69) is 10.6 Å². The highest BCUT2D eigenvalue weighted by atomic mass is 16.6. The number of nitrogens with one attached hydrogen (secondary N) is 2. The van der Waals surface area contributed by atoms with E-state index in [1.165, 1.54) is 6.42 Å². The summed E-state index contributed by atoms with van der Waals surface area (Å²) in [5.41, 5.74) is 1.15. The minimum absolute atomic E-state index is 0.00430. The number of hydrogen-bond acceptors (Lipinski definition) is 4. The van der Waals surface area contributed by atoms with E-state index in [4.69, 9.17) is 4.74 Å². The zero-order chi connectivity index (χ0) is 23.3. The third kappa shape index (κ3) is 6.71. The van der Waals surface area contributed by atoms with Gasteiger partial charge < -0.3 is 20.3 Å². The van der Waals surface area contributed by atoms with Crippen LogP contribution in [0.15, 0.2) is 24.3 Å². The van der Waals surface area contributed by atoms with E-state index < -0.39 is 17.7 Å². The van der Waals surface area contributed by atoms with E-state index in [1.54, 1.807) is 25.7 Å². The van der Waals surface area contributed by atoms with Crippen molar-refractivity contribution in [2.45, 2.75) is 96.4 Å². The fourth-order valence-corrected chi connectivity index (χ4v) is 4.30. The molecule has 0 heterocycles. The second-order valence-electron chi connectivity index (χ2n) is 9.99. The van der Waals surface area contributed by atoms with Crippen molar-refractivity contribution in [1.29, 1.82) is 0 Å². The van der Waals surface area contributed by atoms with Gasteiger partial charge in [0.1, 0.15) is 18.2 Å². The van der Waals surface area contributed by atoms with Crippen LogP contribution in [0.25, 0.3) is 0 Å². The minimum Gasteiger partial charge on any atom is -0.444 e. The standard InChI is InChI=1S/C25H37N3O4/c1-17-10-8-9-13-20(17)22(23(30)27-18-11-6-5-7-12-18)28(19-14-15-19)21(29)16-26-24(31)32-25(2,3)4/h8-10,13,18-19,22H,5-7,11-12,14-16H2,1-4H3,(H,26,31)(H,27,30). The fraction of sp³-hybridized carbons (Fsp3) is 0.640. The molecule has 1 aromatic rings. The van der Waals surface area contributed by atoms with Gasteiger partial charge in [0, 0.05) is 12.1 Å². The maximum absolute atomic E-state index is 13.6. The summed E-state index contributed by atoms with van der Waals surface area (Å²) in [4.78, 5) is 40.6. The molecule has 1 aromatic carbocycles. The summed E-state index contributed by atoms with van der Waals surface area (Å²) in [6, 6.07) is 7.16. The molecule has 2 fully saturated rings. The molecule has 7 nitrogen and oxygen atoms in total. The molecule has 3 rings (SSSR count). The van der Waals surface area contributed by atoms with E-state index in [0.29, 0.717) is 0 Å².